The number of carbonyl (C=O) groups is 2. The van der Waals surface area contributed by atoms with Crippen molar-refractivity contribution in [2.75, 3.05) is 17.3 Å². The maximum absolute atomic E-state index is 11.9. The lowest BCUT2D eigenvalue weighted by molar-refractivity contribution is -0.138. The van der Waals surface area contributed by atoms with Gasteiger partial charge in [-0.05, 0) is 11.8 Å². The molecule has 0 aliphatic carbocycles. The second kappa shape index (κ2) is 7.00. The van der Waals surface area contributed by atoms with E-state index in [2.05, 4.69) is 5.32 Å². The van der Waals surface area contributed by atoms with E-state index in [1.54, 1.807) is 0 Å². The highest BCUT2D eigenvalue weighted by Gasteiger charge is 2.30. The van der Waals surface area contributed by atoms with Crippen LogP contribution in [0.25, 0.3) is 0 Å². The second-order valence-electron chi connectivity index (χ2n) is 6.42. The number of nitrogens with one attached hydrogen (secondary N) is 1. The van der Waals surface area contributed by atoms with Crippen LogP contribution in [0, 0.1) is 5.41 Å². The molecule has 1 fully saturated rings. The number of sulfone groups is 1. The highest BCUT2D eigenvalue weighted by atomic mass is 32.2. The minimum atomic E-state index is -2.94. The van der Waals surface area contributed by atoms with Gasteiger partial charge in [0, 0.05) is 11.3 Å². The molecule has 0 aromatic rings. The van der Waals surface area contributed by atoms with Crippen molar-refractivity contribution in [3.63, 3.8) is 0 Å². The summed E-state index contributed by atoms with van der Waals surface area (Å²) in [7, 11) is -2.94. The van der Waals surface area contributed by atoms with Crippen LogP contribution >= 0.6 is 11.8 Å². The predicted octanol–water partition coefficient (Wildman–Crippen LogP) is 0.912. The van der Waals surface area contributed by atoms with E-state index in [1.165, 1.54) is 11.8 Å². The van der Waals surface area contributed by atoms with Gasteiger partial charge in [-0.15, -0.1) is 11.8 Å². The molecule has 8 heteroatoms. The van der Waals surface area contributed by atoms with E-state index in [4.69, 9.17) is 5.11 Å². The van der Waals surface area contributed by atoms with Crippen LogP contribution in [-0.4, -0.2) is 54.0 Å². The lowest BCUT2D eigenvalue weighted by atomic mass is 9.85. The van der Waals surface area contributed by atoms with E-state index in [0.717, 1.165) is 0 Å². The molecule has 2 atom stereocenters. The fourth-order valence-corrected chi connectivity index (χ4v) is 5.52. The van der Waals surface area contributed by atoms with Crippen molar-refractivity contribution in [1.82, 2.24) is 5.32 Å². The van der Waals surface area contributed by atoms with Crippen molar-refractivity contribution in [3.05, 3.63) is 0 Å². The minimum Gasteiger partial charge on any atom is -0.481 e. The molecule has 6 nitrogen and oxygen atoms in total. The Hall–Kier alpha value is -0.760. The summed E-state index contributed by atoms with van der Waals surface area (Å²) in [4.78, 5) is 22.8. The molecule has 0 radical (unpaired) electrons. The number of carboxylic acids is 1. The van der Waals surface area contributed by atoms with E-state index in [-0.39, 0.29) is 40.3 Å². The molecule has 1 aliphatic heterocycles. The van der Waals surface area contributed by atoms with E-state index in [9.17, 15) is 18.0 Å². The van der Waals surface area contributed by atoms with Gasteiger partial charge in [-0.2, -0.15) is 0 Å². The summed E-state index contributed by atoms with van der Waals surface area (Å²) in [6.07, 6.45) is 0.454. The fraction of sp³-hybridized carbons (Fsp3) is 0.846. The first kappa shape index (κ1) is 18.3. The van der Waals surface area contributed by atoms with Crippen LogP contribution in [0.1, 0.15) is 33.6 Å². The summed E-state index contributed by atoms with van der Waals surface area (Å²) in [5, 5.41) is 11.6. The molecule has 1 heterocycles. The van der Waals surface area contributed by atoms with Crippen LogP contribution in [0.4, 0.5) is 0 Å². The Morgan fingerprint density at radius 2 is 2.00 bits per heavy atom. The molecule has 0 aromatic heterocycles. The zero-order valence-corrected chi connectivity index (χ0v) is 14.2. The third kappa shape index (κ3) is 6.69. The Bertz CT molecular complexity index is 495. The van der Waals surface area contributed by atoms with Gasteiger partial charge in [0.25, 0.3) is 0 Å². The molecule has 21 heavy (non-hydrogen) atoms. The predicted molar refractivity (Wildman–Crippen MR) is 83.2 cm³/mol. The zero-order chi connectivity index (χ0) is 16.3. The summed E-state index contributed by atoms with van der Waals surface area (Å²) < 4.78 is 22.7. The van der Waals surface area contributed by atoms with E-state index in [1.807, 2.05) is 20.8 Å². The molecule has 0 bridgehead atoms. The third-order valence-electron chi connectivity index (χ3n) is 3.40. The molecule has 122 valence electrons. The van der Waals surface area contributed by atoms with Gasteiger partial charge in [0.05, 0.1) is 23.7 Å². The average Bonchev–Trinajstić information content (AvgIpc) is 2.64. The SMILES string of the molecule is CC(C)(C)C(CC(=O)O)NC(=O)CSC1CCS(=O)(=O)C1. The average molecular weight is 337 g/mol. The molecule has 1 amide bonds. The zero-order valence-electron chi connectivity index (χ0n) is 12.6. The molecule has 0 aromatic carbocycles. The van der Waals surface area contributed by atoms with Gasteiger partial charge in [-0.25, -0.2) is 8.42 Å². The lowest BCUT2D eigenvalue weighted by Gasteiger charge is -2.30. The van der Waals surface area contributed by atoms with Crippen LogP contribution in [0.2, 0.25) is 0 Å². The van der Waals surface area contributed by atoms with Crippen molar-refractivity contribution >= 4 is 33.5 Å². The standard InChI is InChI=1S/C13H23NO5S2/c1-13(2,3)10(6-12(16)17)14-11(15)7-20-9-4-5-21(18,19)8-9/h9-10H,4-8H2,1-3H3,(H,14,15)(H,16,17). The summed E-state index contributed by atoms with van der Waals surface area (Å²) >= 11 is 1.33. The van der Waals surface area contributed by atoms with Crippen molar-refractivity contribution < 1.29 is 23.1 Å². The van der Waals surface area contributed by atoms with Gasteiger partial charge < -0.3 is 10.4 Å². The lowest BCUT2D eigenvalue weighted by Crippen LogP contribution is -2.45. The van der Waals surface area contributed by atoms with Gasteiger partial charge in [-0.3, -0.25) is 9.59 Å². The van der Waals surface area contributed by atoms with Crippen LogP contribution in [0.15, 0.2) is 0 Å². The van der Waals surface area contributed by atoms with Crippen molar-refractivity contribution in [1.29, 1.82) is 0 Å². The number of hydrogen-bond donors (Lipinski definition) is 2. The first-order valence-electron chi connectivity index (χ1n) is 6.83. The Labute approximate surface area is 130 Å². The molecule has 2 N–H and O–H groups in total. The summed E-state index contributed by atoms with van der Waals surface area (Å²) in [6, 6.07) is -0.449. The summed E-state index contributed by atoms with van der Waals surface area (Å²) in [6.45, 7) is 5.62. The minimum absolute atomic E-state index is 0.0340. The Kier molecular flexibility index (Phi) is 6.10. The molecule has 1 rings (SSSR count). The molecule has 0 saturated carbocycles. The molecule has 1 aliphatic rings. The van der Waals surface area contributed by atoms with Crippen LogP contribution in [-0.2, 0) is 19.4 Å². The van der Waals surface area contributed by atoms with Gasteiger partial charge in [-0.1, -0.05) is 20.8 Å². The first-order chi connectivity index (χ1) is 9.49. The molecule has 2 unspecified atom stereocenters. The van der Waals surface area contributed by atoms with Crippen LogP contribution < -0.4 is 5.32 Å². The van der Waals surface area contributed by atoms with E-state index < -0.39 is 21.8 Å². The van der Waals surface area contributed by atoms with Gasteiger partial charge >= 0.3 is 5.97 Å². The van der Waals surface area contributed by atoms with Crippen LogP contribution in [0.5, 0.6) is 0 Å². The van der Waals surface area contributed by atoms with Gasteiger partial charge in [0.2, 0.25) is 5.91 Å². The highest BCUT2D eigenvalue weighted by Crippen LogP contribution is 2.25. The van der Waals surface area contributed by atoms with Gasteiger partial charge in [0.15, 0.2) is 9.84 Å². The number of carbonyl (C=O) groups excluding carboxylic acids is 1. The van der Waals surface area contributed by atoms with Gasteiger partial charge in [0.1, 0.15) is 0 Å². The quantitative estimate of drug-likeness (QED) is 0.747. The maximum atomic E-state index is 11.9. The number of rotatable bonds is 6. The van der Waals surface area contributed by atoms with E-state index >= 15 is 0 Å². The highest BCUT2D eigenvalue weighted by molar-refractivity contribution is 8.02. The fourth-order valence-electron chi connectivity index (χ4n) is 2.07. The summed E-state index contributed by atoms with van der Waals surface area (Å²) in [5.74, 6) is -0.722. The second-order valence-corrected chi connectivity index (χ2v) is 9.94. The third-order valence-corrected chi connectivity index (χ3v) is 6.68. The van der Waals surface area contributed by atoms with E-state index in [0.29, 0.717) is 6.42 Å². The summed E-state index contributed by atoms with van der Waals surface area (Å²) in [5.41, 5.74) is -0.352. The number of thioether (sulfide) groups is 1. The van der Waals surface area contributed by atoms with Crippen LogP contribution in [0.3, 0.4) is 0 Å². The largest absolute Gasteiger partial charge is 0.481 e. The first-order valence-corrected chi connectivity index (χ1v) is 9.70. The number of hydrogen-bond acceptors (Lipinski definition) is 5. The number of amides is 1. The Morgan fingerprint density at radius 3 is 2.43 bits per heavy atom. The molecular formula is C13H23NO5S2. The van der Waals surface area contributed by atoms with Crippen molar-refractivity contribution in [2.45, 2.75) is 44.9 Å². The Balaban J connectivity index is 2.46. The molecular weight excluding hydrogens is 314 g/mol. The normalized spacial score (nSPS) is 22.7. The topological polar surface area (TPSA) is 101 Å². The maximum Gasteiger partial charge on any atom is 0.305 e. The van der Waals surface area contributed by atoms with Crippen molar-refractivity contribution in [3.8, 4) is 0 Å². The molecule has 1 saturated heterocycles. The Morgan fingerprint density at radius 1 is 1.38 bits per heavy atom. The monoisotopic (exact) mass is 337 g/mol. The van der Waals surface area contributed by atoms with Crippen molar-refractivity contribution in [2.24, 2.45) is 5.41 Å². The smallest absolute Gasteiger partial charge is 0.305 e. The number of aliphatic carboxylic acids is 1. The molecule has 0 spiro atoms. The number of carboxylic acid groups (broad SMARTS) is 1.